The summed E-state index contributed by atoms with van der Waals surface area (Å²) in [6.45, 7) is 11.6. The molecule has 3 saturated carbocycles. The molecule has 0 aromatic carbocycles. The predicted octanol–water partition coefficient (Wildman–Crippen LogP) is 3.86. The van der Waals surface area contributed by atoms with Crippen molar-refractivity contribution in [2.45, 2.75) is 84.3 Å². The van der Waals surface area contributed by atoms with Crippen LogP contribution in [0.3, 0.4) is 0 Å². The highest BCUT2D eigenvalue weighted by Gasteiger charge is 2.49. The molecule has 5 aliphatic rings. The zero-order chi connectivity index (χ0) is 25.8. The Morgan fingerprint density at radius 1 is 1.14 bits per heavy atom. The summed E-state index contributed by atoms with van der Waals surface area (Å²) in [5, 5.41) is 20.5. The summed E-state index contributed by atoms with van der Waals surface area (Å²) in [7, 11) is 1.89. The van der Waals surface area contributed by atoms with E-state index >= 15 is 0 Å². The second-order valence-electron chi connectivity index (χ2n) is 12.1. The summed E-state index contributed by atoms with van der Waals surface area (Å²) < 4.78 is 7.75. The van der Waals surface area contributed by atoms with Crippen LogP contribution in [-0.4, -0.2) is 64.4 Å². The molecule has 7 rings (SSSR count). The molecule has 1 saturated heterocycles. The fraction of sp³-hybridized carbons (Fsp3) is 0.714. The number of nitrogens with one attached hydrogen (secondary N) is 3. The molecular weight excluding hydrogens is 464 g/mol. The lowest BCUT2D eigenvalue weighted by atomic mass is 9.57. The lowest BCUT2D eigenvalue weighted by Gasteiger charge is -2.54. The average molecular weight is 509 g/mol. The van der Waals surface area contributed by atoms with Gasteiger partial charge in [0.25, 0.3) is 0 Å². The minimum atomic E-state index is 0. The van der Waals surface area contributed by atoms with Crippen LogP contribution >= 0.6 is 0 Å². The van der Waals surface area contributed by atoms with Crippen molar-refractivity contribution in [1.29, 1.82) is 5.41 Å². The number of rotatable bonds is 8. The molecule has 2 bridgehead atoms. The highest BCUT2D eigenvalue weighted by atomic mass is 16.5. The molecule has 9 nitrogen and oxygen atoms in total. The molecule has 0 amide bonds. The Morgan fingerprint density at radius 3 is 2.49 bits per heavy atom. The topological polar surface area (TPSA) is 104 Å². The van der Waals surface area contributed by atoms with E-state index in [9.17, 15) is 0 Å². The van der Waals surface area contributed by atoms with Crippen molar-refractivity contribution in [2.24, 2.45) is 11.3 Å². The molecule has 0 radical (unpaired) electrons. The van der Waals surface area contributed by atoms with Crippen LogP contribution in [0.1, 0.15) is 75.3 Å². The summed E-state index contributed by atoms with van der Waals surface area (Å²) >= 11 is 0. The first kappa shape index (κ1) is 24.8. The molecule has 37 heavy (non-hydrogen) atoms. The third-order valence-corrected chi connectivity index (χ3v) is 9.60. The summed E-state index contributed by atoms with van der Waals surface area (Å²) in [5.41, 5.74) is 6.64. The van der Waals surface area contributed by atoms with Crippen LogP contribution in [0.15, 0.2) is 0 Å². The van der Waals surface area contributed by atoms with E-state index in [1.807, 2.05) is 14.0 Å². The van der Waals surface area contributed by atoms with Crippen molar-refractivity contribution in [3.63, 3.8) is 0 Å². The van der Waals surface area contributed by atoms with Crippen molar-refractivity contribution in [3.8, 4) is 0 Å². The number of fused-ring (bicyclic) bond motifs is 4. The second kappa shape index (κ2) is 9.34. The van der Waals surface area contributed by atoms with Gasteiger partial charge >= 0.3 is 0 Å². The third kappa shape index (κ3) is 4.44. The van der Waals surface area contributed by atoms with Gasteiger partial charge in [0.2, 0.25) is 0 Å². The van der Waals surface area contributed by atoms with E-state index < -0.39 is 0 Å². The molecule has 2 aromatic heterocycles. The molecule has 0 unspecified atom stereocenters. The van der Waals surface area contributed by atoms with Gasteiger partial charge in [0.1, 0.15) is 17.2 Å². The Labute approximate surface area is 221 Å². The lowest BCUT2D eigenvalue weighted by Crippen LogP contribution is -2.57. The summed E-state index contributed by atoms with van der Waals surface area (Å²) in [6, 6.07) is 0. The number of anilines is 2. The molecule has 3 N–H and O–H groups in total. The molecule has 9 heteroatoms. The van der Waals surface area contributed by atoms with Gasteiger partial charge in [0.15, 0.2) is 5.82 Å². The minimum Gasteiger partial charge on any atom is -0.383 e. The molecular formula is C28H44N8O. The maximum Gasteiger partial charge on any atom is 0.156 e. The van der Waals surface area contributed by atoms with Gasteiger partial charge in [0.05, 0.1) is 24.6 Å². The lowest BCUT2D eigenvalue weighted by molar-refractivity contribution is -0.0448. The van der Waals surface area contributed by atoms with Gasteiger partial charge in [-0.3, -0.25) is 4.68 Å². The van der Waals surface area contributed by atoms with E-state index in [2.05, 4.69) is 32.1 Å². The molecule has 3 aliphatic carbocycles. The van der Waals surface area contributed by atoms with E-state index in [0.717, 1.165) is 68.9 Å². The Hall–Kier alpha value is -2.52. The van der Waals surface area contributed by atoms with Crippen molar-refractivity contribution >= 4 is 17.2 Å². The van der Waals surface area contributed by atoms with Crippen LogP contribution in [0.2, 0.25) is 0 Å². The minimum absolute atomic E-state index is 0. The van der Waals surface area contributed by atoms with Gasteiger partial charge in [-0.2, -0.15) is 5.10 Å². The number of nitrogens with zero attached hydrogens (tertiary/aromatic N) is 5. The van der Waals surface area contributed by atoms with Crippen LogP contribution in [0.5, 0.6) is 0 Å². The number of ether oxygens (including phenoxy) is 1. The molecule has 2 aliphatic heterocycles. The second-order valence-corrected chi connectivity index (χ2v) is 12.1. The molecule has 4 fully saturated rings. The van der Waals surface area contributed by atoms with Crippen molar-refractivity contribution in [1.82, 2.24) is 25.1 Å². The quantitative estimate of drug-likeness (QED) is 0.465. The highest BCUT2D eigenvalue weighted by Crippen LogP contribution is 2.53. The van der Waals surface area contributed by atoms with E-state index in [-0.39, 0.29) is 1.43 Å². The van der Waals surface area contributed by atoms with Gasteiger partial charge in [-0.25, -0.2) is 9.97 Å². The normalized spacial score (nSPS) is 27.2. The SMILES string of the molecule is CNc1c(C(C)=N)nc(C)nc1N1CCc2c(c(C)nn2CC23CCC(NCC4COC4)(CC2)CC3)C1.[HH]. The van der Waals surface area contributed by atoms with Gasteiger partial charge in [-0.15, -0.1) is 0 Å². The van der Waals surface area contributed by atoms with Crippen molar-refractivity contribution < 1.29 is 6.16 Å². The van der Waals surface area contributed by atoms with Crippen LogP contribution in [0.25, 0.3) is 0 Å². The van der Waals surface area contributed by atoms with Crippen LogP contribution < -0.4 is 15.5 Å². The zero-order valence-electron chi connectivity index (χ0n) is 22.9. The summed E-state index contributed by atoms with van der Waals surface area (Å²) in [6.07, 6.45) is 8.77. The molecule has 0 spiro atoms. The smallest absolute Gasteiger partial charge is 0.156 e. The van der Waals surface area contributed by atoms with Gasteiger partial charge in [0, 0.05) is 63.8 Å². The first-order chi connectivity index (χ1) is 17.8. The van der Waals surface area contributed by atoms with Crippen LogP contribution in [0, 0.1) is 30.6 Å². The molecule has 4 heterocycles. The van der Waals surface area contributed by atoms with E-state index in [0.29, 0.717) is 28.2 Å². The first-order valence-electron chi connectivity index (χ1n) is 14.1. The predicted molar refractivity (Wildman–Crippen MR) is 148 cm³/mol. The third-order valence-electron chi connectivity index (χ3n) is 9.60. The van der Waals surface area contributed by atoms with E-state index in [1.54, 1.807) is 6.92 Å². The van der Waals surface area contributed by atoms with Crippen molar-refractivity contribution in [3.05, 3.63) is 28.5 Å². The zero-order valence-corrected chi connectivity index (χ0v) is 22.9. The molecule has 2 aromatic rings. The van der Waals surface area contributed by atoms with Gasteiger partial charge in [-0.1, -0.05) is 0 Å². The summed E-state index contributed by atoms with van der Waals surface area (Å²) in [5.74, 6) is 2.32. The Bertz CT molecular complexity index is 1180. The number of hydrogen-bond donors (Lipinski definition) is 3. The molecule has 0 atom stereocenters. The standard InChI is InChI=1S/C28H42N8O.H2/c1-18(29)24-25(30-4)26(33-20(3)32-24)35-12-5-23-22(14-35)19(2)34-36(23)17-27-6-9-28(10-7-27,11-8-27)31-13-21-15-37-16-21;/h21,29-31H,5-17H2,1-4H3;1H. The fourth-order valence-corrected chi connectivity index (χ4v) is 7.11. The largest absolute Gasteiger partial charge is 0.383 e. The average Bonchev–Trinajstić information content (AvgIpc) is 3.17. The number of hydrogen-bond acceptors (Lipinski definition) is 8. The van der Waals surface area contributed by atoms with Gasteiger partial charge in [-0.05, 0) is 64.7 Å². The Morgan fingerprint density at radius 2 is 1.86 bits per heavy atom. The monoisotopic (exact) mass is 508 g/mol. The molecule has 202 valence electrons. The Balaban J connectivity index is 0.00000294. The summed E-state index contributed by atoms with van der Waals surface area (Å²) in [4.78, 5) is 11.7. The van der Waals surface area contributed by atoms with E-state index in [1.165, 1.54) is 49.8 Å². The number of aromatic nitrogens is 4. The van der Waals surface area contributed by atoms with Crippen LogP contribution in [0.4, 0.5) is 11.5 Å². The van der Waals surface area contributed by atoms with Gasteiger partial charge < -0.3 is 25.7 Å². The first-order valence-corrected chi connectivity index (χ1v) is 14.1. The Kier molecular flexibility index (Phi) is 6.26. The van der Waals surface area contributed by atoms with E-state index in [4.69, 9.17) is 20.2 Å². The maximum absolute atomic E-state index is 8.20. The van der Waals surface area contributed by atoms with Crippen molar-refractivity contribution in [2.75, 3.05) is 43.6 Å². The fourth-order valence-electron chi connectivity index (χ4n) is 7.11. The maximum atomic E-state index is 8.20. The number of aryl methyl sites for hydroxylation is 2. The highest BCUT2D eigenvalue weighted by molar-refractivity contribution is 6.01. The van der Waals surface area contributed by atoms with Crippen LogP contribution in [-0.2, 0) is 24.2 Å².